The largest absolute Gasteiger partial charge is 0.497 e. The maximum atomic E-state index is 12.9. The molecule has 2 heterocycles. The Morgan fingerprint density at radius 3 is 2.57 bits per heavy atom. The van der Waals surface area contributed by atoms with Crippen LogP contribution in [0.2, 0.25) is 0 Å². The highest BCUT2D eigenvalue weighted by atomic mass is 16.5. The first-order valence-electron chi connectivity index (χ1n) is 11.7. The number of ether oxygens (including phenoxy) is 2. The van der Waals surface area contributed by atoms with E-state index in [4.69, 9.17) is 9.47 Å². The Morgan fingerprint density at radius 2 is 1.78 bits per heavy atom. The second-order valence-corrected chi connectivity index (χ2v) is 8.35. The Kier molecular flexibility index (Phi) is 6.67. The number of carbonyl (C=O) groups is 1. The Morgan fingerprint density at radius 1 is 0.946 bits per heavy atom. The van der Waals surface area contributed by atoms with Gasteiger partial charge < -0.3 is 20.1 Å². The summed E-state index contributed by atoms with van der Waals surface area (Å²) < 4.78 is 12.4. The van der Waals surface area contributed by atoms with Gasteiger partial charge in [0, 0.05) is 18.0 Å². The van der Waals surface area contributed by atoms with Gasteiger partial charge in [0.15, 0.2) is 0 Å². The number of rotatable bonds is 8. The van der Waals surface area contributed by atoms with Crippen LogP contribution in [-0.4, -0.2) is 39.6 Å². The number of nitrogens with one attached hydrogen (secondary N) is 2. The smallest absolute Gasteiger partial charge is 0.259 e. The lowest BCUT2D eigenvalue weighted by Gasteiger charge is -2.14. The minimum atomic E-state index is -0.294. The number of benzene rings is 3. The van der Waals surface area contributed by atoms with Crippen LogP contribution in [0.5, 0.6) is 11.5 Å². The van der Waals surface area contributed by atoms with Gasteiger partial charge in [-0.2, -0.15) is 4.98 Å². The molecule has 9 nitrogen and oxygen atoms in total. The van der Waals surface area contributed by atoms with Crippen molar-refractivity contribution in [3.8, 4) is 17.3 Å². The predicted octanol–water partition coefficient (Wildman–Crippen LogP) is 5.26. The van der Waals surface area contributed by atoms with Crippen LogP contribution in [0, 0.1) is 0 Å². The second-order valence-electron chi connectivity index (χ2n) is 8.35. The van der Waals surface area contributed by atoms with Gasteiger partial charge in [-0.25, -0.2) is 9.97 Å². The average Bonchev–Trinajstić information content (AvgIpc) is 3.36. The minimum absolute atomic E-state index is 0.0477. The van der Waals surface area contributed by atoms with Gasteiger partial charge in [0.2, 0.25) is 5.95 Å². The van der Waals surface area contributed by atoms with Crippen molar-refractivity contribution in [3.05, 3.63) is 96.4 Å². The molecule has 5 aromatic rings. The van der Waals surface area contributed by atoms with Crippen molar-refractivity contribution in [2.24, 2.45) is 0 Å². The van der Waals surface area contributed by atoms with Crippen LogP contribution in [0.3, 0.4) is 0 Å². The number of imidazole rings is 1. The molecule has 0 aliphatic carbocycles. The highest BCUT2D eigenvalue weighted by molar-refractivity contribution is 6.07. The Balaban J connectivity index is 1.36. The van der Waals surface area contributed by atoms with Gasteiger partial charge in [0.05, 0.1) is 36.9 Å². The second kappa shape index (κ2) is 10.4. The van der Waals surface area contributed by atoms with Gasteiger partial charge in [0.1, 0.15) is 23.6 Å². The fourth-order valence-electron chi connectivity index (χ4n) is 4.03. The predicted molar refractivity (Wildman–Crippen MR) is 143 cm³/mol. The van der Waals surface area contributed by atoms with Gasteiger partial charge in [-0.15, -0.1) is 0 Å². The molecule has 186 valence electrons. The molecule has 2 N–H and O–H groups in total. The summed E-state index contributed by atoms with van der Waals surface area (Å²) in [6.07, 6.45) is 3.42. The number of carbonyl (C=O) groups excluding carboxylic acids is 1. The van der Waals surface area contributed by atoms with Crippen molar-refractivity contribution >= 4 is 28.6 Å². The molecular weight excluding hydrogens is 468 g/mol. The van der Waals surface area contributed by atoms with E-state index in [0.29, 0.717) is 40.0 Å². The molecule has 1 unspecified atom stereocenters. The van der Waals surface area contributed by atoms with E-state index in [-0.39, 0.29) is 11.9 Å². The third-order valence-corrected chi connectivity index (χ3v) is 5.99. The minimum Gasteiger partial charge on any atom is -0.497 e. The van der Waals surface area contributed by atoms with E-state index in [0.717, 1.165) is 11.1 Å². The number of anilines is 2. The standard InChI is InChI=1S/C28H26N6O3/c1-18(19-7-5-4-6-8-19)31-28-29-14-13-26(33-28)34-17-30-23-15-20(9-12-24(23)34)32-27(35)22-11-10-21(36-2)16-25(22)37-3/h4-18H,1-3H3,(H,32,35)(H,29,31,33). The summed E-state index contributed by atoms with van der Waals surface area (Å²) in [4.78, 5) is 26.5. The highest BCUT2D eigenvalue weighted by Crippen LogP contribution is 2.27. The summed E-state index contributed by atoms with van der Waals surface area (Å²) in [5.74, 6) is 1.94. The van der Waals surface area contributed by atoms with Crippen LogP contribution >= 0.6 is 0 Å². The molecule has 0 fully saturated rings. The SMILES string of the molecule is COc1ccc(C(=O)Nc2ccc3c(c2)ncn3-c2ccnc(NC(C)c3ccccc3)n2)c(OC)c1. The third-order valence-electron chi connectivity index (χ3n) is 5.99. The van der Waals surface area contributed by atoms with E-state index in [2.05, 4.69) is 44.6 Å². The summed E-state index contributed by atoms with van der Waals surface area (Å²) >= 11 is 0. The van der Waals surface area contributed by atoms with Crippen molar-refractivity contribution in [1.29, 1.82) is 0 Å². The highest BCUT2D eigenvalue weighted by Gasteiger charge is 2.15. The Hall–Kier alpha value is -4.92. The number of nitrogens with zero attached hydrogens (tertiary/aromatic N) is 4. The van der Waals surface area contributed by atoms with Crippen LogP contribution in [-0.2, 0) is 0 Å². The van der Waals surface area contributed by atoms with Crippen molar-refractivity contribution in [1.82, 2.24) is 19.5 Å². The quantitative estimate of drug-likeness (QED) is 0.303. The molecule has 0 aliphatic heterocycles. The lowest BCUT2D eigenvalue weighted by molar-refractivity contribution is 0.102. The van der Waals surface area contributed by atoms with Crippen molar-refractivity contribution in [2.45, 2.75) is 13.0 Å². The topological polar surface area (TPSA) is 103 Å². The molecule has 0 radical (unpaired) electrons. The van der Waals surface area contributed by atoms with E-state index in [1.54, 1.807) is 37.8 Å². The van der Waals surface area contributed by atoms with E-state index < -0.39 is 0 Å². The normalized spacial score (nSPS) is 11.6. The summed E-state index contributed by atoms with van der Waals surface area (Å²) in [7, 11) is 3.08. The zero-order chi connectivity index (χ0) is 25.8. The molecule has 0 spiro atoms. The number of methoxy groups -OCH3 is 2. The third kappa shape index (κ3) is 5.06. The Labute approximate surface area is 214 Å². The van der Waals surface area contributed by atoms with Crippen molar-refractivity contribution in [3.63, 3.8) is 0 Å². The molecule has 2 aromatic heterocycles. The molecule has 37 heavy (non-hydrogen) atoms. The molecule has 5 rings (SSSR count). The van der Waals surface area contributed by atoms with Crippen LogP contribution < -0.4 is 20.1 Å². The van der Waals surface area contributed by atoms with Crippen LogP contribution in [0.15, 0.2) is 85.3 Å². The summed E-state index contributed by atoms with van der Waals surface area (Å²) in [6.45, 7) is 2.06. The first-order chi connectivity index (χ1) is 18.1. The van der Waals surface area contributed by atoms with Gasteiger partial charge >= 0.3 is 0 Å². The van der Waals surface area contributed by atoms with Gasteiger partial charge in [-0.05, 0) is 48.9 Å². The molecule has 0 saturated heterocycles. The molecule has 3 aromatic carbocycles. The molecular formula is C28H26N6O3. The van der Waals surface area contributed by atoms with Crippen molar-refractivity contribution < 1.29 is 14.3 Å². The first-order valence-corrected chi connectivity index (χ1v) is 11.7. The fraction of sp³-hybridized carbons (Fsp3) is 0.143. The maximum absolute atomic E-state index is 12.9. The van der Waals surface area contributed by atoms with E-state index in [1.807, 2.05) is 47.0 Å². The number of amides is 1. The average molecular weight is 495 g/mol. The van der Waals surface area contributed by atoms with Gasteiger partial charge in [-0.1, -0.05) is 30.3 Å². The number of aromatic nitrogens is 4. The maximum Gasteiger partial charge on any atom is 0.259 e. The number of hydrogen-bond acceptors (Lipinski definition) is 7. The monoisotopic (exact) mass is 494 g/mol. The molecule has 0 saturated carbocycles. The fourth-order valence-corrected chi connectivity index (χ4v) is 4.03. The van der Waals surface area contributed by atoms with Gasteiger partial charge in [-0.3, -0.25) is 9.36 Å². The van der Waals surface area contributed by atoms with Crippen LogP contribution in [0.1, 0.15) is 28.9 Å². The number of fused-ring (bicyclic) bond motifs is 1. The summed E-state index contributed by atoms with van der Waals surface area (Å²) in [5, 5.41) is 6.26. The molecule has 1 atom stereocenters. The Bertz CT molecular complexity index is 1550. The van der Waals surface area contributed by atoms with Gasteiger partial charge in [0.25, 0.3) is 5.91 Å². The van der Waals surface area contributed by atoms with E-state index >= 15 is 0 Å². The lowest BCUT2D eigenvalue weighted by atomic mass is 10.1. The van der Waals surface area contributed by atoms with Crippen LogP contribution in [0.4, 0.5) is 11.6 Å². The molecule has 0 aliphatic rings. The molecule has 9 heteroatoms. The van der Waals surface area contributed by atoms with Crippen LogP contribution in [0.25, 0.3) is 16.9 Å². The van der Waals surface area contributed by atoms with E-state index in [9.17, 15) is 4.79 Å². The summed E-state index contributed by atoms with van der Waals surface area (Å²) in [5.41, 5.74) is 3.72. The number of hydrogen-bond donors (Lipinski definition) is 2. The first kappa shape index (κ1) is 23.8. The molecule has 1 amide bonds. The summed E-state index contributed by atoms with van der Waals surface area (Å²) in [6, 6.07) is 22.6. The van der Waals surface area contributed by atoms with E-state index in [1.165, 1.54) is 7.11 Å². The zero-order valence-corrected chi connectivity index (χ0v) is 20.7. The molecule has 0 bridgehead atoms. The lowest BCUT2D eigenvalue weighted by Crippen LogP contribution is -2.13. The zero-order valence-electron chi connectivity index (χ0n) is 20.7. The van der Waals surface area contributed by atoms with Crippen molar-refractivity contribution in [2.75, 3.05) is 24.9 Å².